The Morgan fingerprint density at radius 2 is 1.83 bits per heavy atom. The fraction of sp³-hybridized carbons (Fsp3) is 0.769. The highest BCUT2D eigenvalue weighted by atomic mass is 32.2. The Morgan fingerprint density at radius 1 is 1.28 bits per heavy atom. The third-order valence-electron chi connectivity index (χ3n) is 3.01. The lowest BCUT2D eigenvalue weighted by atomic mass is 9.88. The van der Waals surface area contributed by atoms with Crippen LogP contribution in [0.3, 0.4) is 0 Å². The molecule has 0 bridgehead atoms. The number of aryl methyl sites for hydroxylation is 2. The maximum Gasteiger partial charge on any atom is 0.149 e. The highest BCUT2D eigenvalue weighted by Crippen LogP contribution is 2.27. The largest absolute Gasteiger partial charge is 0.267 e. The van der Waals surface area contributed by atoms with Gasteiger partial charge in [0, 0.05) is 17.4 Å². The van der Waals surface area contributed by atoms with Crippen LogP contribution in [0, 0.1) is 6.92 Å². The third-order valence-corrected chi connectivity index (χ3v) is 3.93. The fourth-order valence-corrected chi connectivity index (χ4v) is 2.81. The average molecular weight is 272 g/mol. The molecule has 0 aliphatic heterocycles. The molecular formula is C13H24N2O2S. The molecule has 0 radical (unpaired) electrons. The molecule has 104 valence electrons. The first-order valence-electron chi connectivity index (χ1n) is 6.30. The summed E-state index contributed by atoms with van der Waals surface area (Å²) in [7, 11) is -2.96. The van der Waals surface area contributed by atoms with Crippen molar-refractivity contribution in [3.63, 3.8) is 0 Å². The maximum absolute atomic E-state index is 11.3. The smallest absolute Gasteiger partial charge is 0.149 e. The Balaban J connectivity index is 3.18. The molecule has 0 aliphatic carbocycles. The molecule has 0 fully saturated rings. The van der Waals surface area contributed by atoms with E-state index in [0.29, 0.717) is 6.54 Å². The summed E-state index contributed by atoms with van der Waals surface area (Å²) < 4.78 is 24.4. The van der Waals surface area contributed by atoms with E-state index in [1.54, 1.807) is 0 Å². The summed E-state index contributed by atoms with van der Waals surface area (Å²) in [6, 6.07) is 0. The van der Waals surface area contributed by atoms with Gasteiger partial charge in [0.05, 0.1) is 18.0 Å². The van der Waals surface area contributed by atoms with E-state index in [9.17, 15) is 8.42 Å². The van der Waals surface area contributed by atoms with Gasteiger partial charge in [0.15, 0.2) is 0 Å². The predicted octanol–water partition coefficient (Wildman–Crippen LogP) is 2.10. The van der Waals surface area contributed by atoms with Crippen molar-refractivity contribution in [3.8, 4) is 0 Å². The van der Waals surface area contributed by atoms with Crippen LogP contribution in [0.1, 0.15) is 44.6 Å². The summed E-state index contributed by atoms with van der Waals surface area (Å²) >= 11 is 0. The van der Waals surface area contributed by atoms with Gasteiger partial charge in [-0.3, -0.25) is 4.68 Å². The molecule has 1 heterocycles. The molecule has 0 aromatic carbocycles. The fourth-order valence-electron chi connectivity index (χ4n) is 2.30. The molecule has 0 atom stereocenters. The lowest BCUT2D eigenvalue weighted by molar-refractivity contribution is 0.492. The molecule has 0 N–H and O–H groups in total. The molecule has 0 aliphatic rings. The SMILES string of the molecule is CCc1nn(CCS(C)(=O)=O)c(C(C)(C)C)c1C. The summed E-state index contributed by atoms with van der Waals surface area (Å²) in [4.78, 5) is 0. The van der Waals surface area contributed by atoms with Crippen LogP contribution in [0.5, 0.6) is 0 Å². The van der Waals surface area contributed by atoms with E-state index in [0.717, 1.165) is 17.8 Å². The summed E-state index contributed by atoms with van der Waals surface area (Å²) in [6.45, 7) is 11.0. The van der Waals surface area contributed by atoms with Gasteiger partial charge in [-0.1, -0.05) is 27.7 Å². The monoisotopic (exact) mass is 272 g/mol. The zero-order valence-electron chi connectivity index (χ0n) is 12.2. The second-order valence-electron chi connectivity index (χ2n) is 5.88. The van der Waals surface area contributed by atoms with Gasteiger partial charge in [-0.25, -0.2) is 8.42 Å². The Labute approximate surface area is 110 Å². The number of hydrogen-bond acceptors (Lipinski definition) is 3. The molecule has 4 nitrogen and oxygen atoms in total. The minimum atomic E-state index is -2.96. The van der Waals surface area contributed by atoms with Crippen LogP contribution in [0.15, 0.2) is 0 Å². The Bertz CT molecular complexity index is 522. The number of nitrogens with zero attached hydrogens (tertiary/aromatic N) is 2. The molecule has 1 rings (SSSR count). The summed E-state index contributed by atoms with van der Waals surface area (Å²) in [5, 5.41) is 4.55. The van der Waals surface area contributed by atoms with Crippen LogP contribution in [0.25, 0.3) is 0 Å². The van der Waals surface area contributed by atoms with Crippen LogP contribution in [-0.4, -0.2) is 30.2 Å². The molecule has 0 spiro atoms. The molecule has 1 aromatic rings. The maximum atomic E-state index is 11.3. The van der Waals surface area contributed by atoms with E-state index < -0.39 is 9.84 Å². The van der Waals surface area contributed by atoms with Crippen molar-refractivity contribution >= 4 is 9.84 Å². The molecule has 5 heteroatoms. The zero-order chi connectivity index (χ0) is 14.1. The number of hydrogen-bond donors (Lipinski definition) is 0. The average Bonchev–Trinajstić information content (AvgIpc) is 2.50. The summed E-state index contributed by atoms with van der Waals surface area (Å²) in [5.41, 5.74) is 3.37. The Morgan fingerprint density at radius 3 is 2.22 bits per heavy atom. The van der Waals surface area contributed by atoms with Crippen molar-refractivity contribution in [2.75, 3.05) is 12.0 Å². The van der Waals surface area contributed by atoms with Crippen LogP contribution < -0.4 is 0 Å². The highest BCUT2D eigenvalue weighted by molar-refractivity contribution is 7.90. The molecule has 0 unspecified atom stereocenters. The van der Waals surface area contributed by atoms with Crippen LogP contribution in [0.2, 0.25) is 0 Å². The normalized spacial score (nSPS) is 13.0. The summed E-state index contributed by atoms with van der Waals surface area (Å²) in [5.74, 6) is 0.139. The molecule has 1 aromatic heterocycles. The Kier molecular flexibility index (Phi) is 4.26. The third kappa shape index (κ3) is 3.57. The van der Waals surface area contributed by atoms with Gasteiger partial charge in [-0.15, -0.1) is 0 Å². The number of aromatic nitrogens is 2. The molecule has 0 amide bonds. The van der Waals surface area contributed by atoms with E-state index in [1.807, 2.05) is 4.68 Å². The van der Waals surface area contributed by atoms with Crippen molar-refractivity contribution in [1.82, 2.24) is 9.78 Å². The molecule has 18 heavy (non-hydrogen) atoms. The van der Waals surface area contributed by atoms with Gasteiger partial charge in [0.2, 0.25) is 0 Å². The first-order valence-corrected chi connectivity index (χ1v) is 8.36. The van der Waals surface area contributed by atoms with Crippen molar-refractivity contribution in [2.45, 2.75) is 53.0 Å². The van der Waals surface area contributed by atoms with Crippen LogP contribution >= 0.6 is 0 Å². The van der Waals surface area contributed by atoms with Gasteiger partial charge in [0.25, 0.3) is 0 Å². The van der Waals surface area contributed by atoms with Crippen molar-refractivity contribution < 1.29 is 8.42 Å². The minimum Gasteiger partial charge on any atom is -0.267 e. The van der Waals surface area contributed by atoms with Gasteiger partial charge < -0.3 is 0 Å². The standard InChI is InChI=1S/C13H24N2O2S/c1-7-11-10(2)12(13(3,4)5)15(14-11)8-9-18(6,16)17/h7-9H2,1-6H3. The second kappa shape index (κ2) is 5.03. The van der Waals surface area contributed by atoms with Crippen molar-refractivity contribution in [1.29, 1.82) is 0 Å². The van der Waals surface area contributed by atoms with E-state index in [2.05, 4.69) is 39.7 Å². The lowest BCUT2D eigenvalue weighted by Crippen LogP contribution is -2.22. The highest BCUT2D eigenvalue weighted by Gasteiger charge is 2.24. The van der Waals surface area contributed by atoms with Crippen LogP contribution in [0.4, 0.5) is 0 Å². The summed E-state index contributed by atoms with van der Waals surface area (Å²) in [6.07, 6.45) is 2.14. The number of sulfone groups is 1. The molecule has 0 saturated carbocycles. The second-order valence-corrected chi connectivity index (χ2v) is 8.14. The lowest BCUT2D eigenvalue weighted by Gasteiger charge is -2.21. The predicted molar refractivity (Wildman–Crippen MR) is 74.8 cm³/mol. The van der Waals surface area contributed by atoms with E-state index >= 15 is 0 Å². The molecular weight excluding hydrogens is 248 g/mol. The van der Waals surface area contributed by atoms with E-state index in [4.69, 9.17) is 0 Å². The van der Waals surface area contributed by atoms with E-state index in [-0.39, 0.29) is 11.2 Å². The van der Waals surface area contributed by atoms with Crippen molar-refractivity contribution in [2.24, 2.45) is 0 Å². The minimum absolute atomic E-state index is 0.0258. The topological polar surface area (TPSA) is 52.0 Å². The van der Waals surface area contributed by atoms with E-state index in [1.165, 1.54) is 11.8 Å². The van der Waals surface area contributed by atoms with Gasteiger partial charge >= 0.3 is 0 Å². The molecule has 0 saturated heterocycles. The van der Waals surface area contributed by atoms with Gasteiger partial charge in [0.1, 0.15) is 9.84 Å². The number of rotatable bonds is 4. The quantitative estimate of drug-likeness (QED) is 0.843. The first kappa shape index (κ1) is 15.2. The van der Waals surface area contributed by atoms with Crippen molar-refractivity contribution in [3.05, 3.63) is 17.0 Å². The Hall–Kier alpha value is -0.840. The first-order chi connectivity index (χ1) is 8.06. The van der Waals surface area contributed by atoms with Crippen LogP contribution in [-0.2, 0) is 28.2 Å². The zero-order valence-corrected chi connectivity index (χ0v) is 13.1. The van der Waals surface area contributed by atoms with Gasteiger partial charge in [-0.2, -0.15) is 5.10 Å². The van der Waals surface area contributed by atoms with Gasteiger partial charge in [-0.05, 0) is 18.9 Å².